The topological polar surface area (TPSA) is 182 Å². The van der Waals surface area contributed by atoms with Gasteiger partial charge in [0.05, 0.1) is 36.4 Å². The molecule has 0 bridgehead atoms. The zero-order chi connectivity index (χ0) is 56.7. The largest absolute Gasteiger partial charge is 0.380 e. The highest BCUT2D eigenvalue weighted by Gasteiger charge is 2.45. The minimum absolute atomic E-state index is 0.0167. The van der Waals surface area contributed by atoms with Gasteiger partial charge in [-0.2, -0.15) is 0 Å². The lowest BCUT2D eigenvalue weighted by Gasteiger charge is -2.37. The van der Waals surface area contributed by atoms with Crippen molar-refractivity contribution in [3.8, 4) is 0 Å². The van der Waals surface area contributed by atoms with E-state index in [-0.39, 0.29) is 84.7 Å². The molecule has 0 unspecified atom stereocenters. The highest BCUT2D eigenvalue weighted by molar-refractivity contribution is 6.02. The summed E-state index contributed by atoms with van der Waals surface area (Å²) in [6.45, 7) is 5.69. The third-order valence-corrected chi connectivity index (χ3v) is 17.8. The molecule has 0 radical (unpaired) electrons. The second-order valence-electron chi connectivity index (χ2n) is 23.0. The van der Waals surface area contributed by atoms with Gasteiger partial charge in [0.1, 0.15) is 12.1 Å². The maximum absolute atomic E-state index is 15.0. The Morgan fingerprint density at radius 2 is 0.912 bits per heavy atom. The fourth-order valence-corrected chi connectivity index (χ4v) is 12.6. The highest BCUT2D eigenvalue weighted by Crippen LogP contribution is 2.33. The summed E-state index contributed by atoms with van der Waals surface area (Å²) in [5.41, 5.74) is 3.15. The number of nitrogens with zero attached hydrogens (tertiary/aromatic N) is 4. The van der Waals surface area contributed by atoms with E-state index in [0.717, 1.165) is 86.1 Å². The van der Waals surface area contributed by atoms with E-state index in [1.807, 2.05) is 92.4 Å². The number of nitrogens with one attached hydrogen (secondary N) is 4. The van der Waals surface area contributed by atoms with Gasteiger partial charge in [-0.3, -0.25) is 28.8 Å². The number of ether oxygens (including phenoxy) is 2. The number of likely N-dealkylation sites (tertiary alicyclic amines) is 2. The van der Waals surface area contributed by atoms with Crippen molar-refractivity contribution >= 4 is 46.2 Å². The molecule has 2 aliphatic carbocycles. The first kappa shape index (κ1) is 59.9. The van der Waals surface area contributed by atoms with Crippen LogP contribution in [0.4, 0.5) is 0 Å². The molecule has 16 heteroatoms. The van der Waals surface area contributed by atoms with Gasteiger partial charge in [0, 0.05) is 64.6 Å². The number of hydrogen-bond donors (Lipinski definition) is 4. The number of carbonyl (C=O) groups excluding carboxylic acids is 6. The first-order valence-electron chi connectivity index (χ1n) is 29.6. The lowest BCUT2D eigenvalue weighted by molar-refractivity contribution is -0.140. The number of benzene rings is 4. The SMILES string of the molecule is CN[C@@H](C)C(=O)N[C@H](C(=O)N1C[C@H](OC)C[C@H]1CN(CCc1ccccc1)C(=O)c1ccc2cc(C(=O)N(CCc3ccccc3)C[C@@H]3C[C@@H](OC)CN3C(=O)[C@@H](NC(=O)[C@H](C)NC)C3CCCCC3)ccc2c1)C1CCCCC1. The van der Waals surface area contributed by atoms with Crippen molar-refractivity contribution in [3.05, 3.63) is 119 Å². The van der Waals surface area contributed by atoms with E-state index in [9.17, 15) is 19.2 Å². The molecule has 16 nitrogen and oxygen atoms in total. The summed E-state index contributed by atoms with van der Waals surface area (Å²) in [6.07, 6.45) is 11.5. The van der Waals surface area contributed by atoms with Gasteiger partial charge >= 0.3 is 0 Å². The molecule has 80 heavy (non-hydrogen) atoms. The van der Waals surface area contributed by atoms with E-state index in [1.165, 1.54) is 0 Å². The van der Waals surface area contributed by atoms with Crippen LogP contribution in [0.2, 0.25) is 0 Å². The molecule has 8 rings (SSSR count). The number of fused-ring (bicyclic) bond motifs is 1. The molecule has 4 N–H and O–H groups in total. The van der Waals surface area contributed by atoms with Crippen molar-refractivity contribution in [2.45, 2.75) is 152 Å². The Bertz CT molecular complexity index is 2520. The summed E-state index contributed by atoms with van der Waals surface area (Å²) < 4.78 is 11.8. The Morgan fingerprint density at radius 1 is 0.537 bits per heavy atom. The number of carbonyl (C=O) groups is 6. The minimum atomic E-state index is -0.681. The molecule has 2 heterocycles. The van der Waals surface area contributed by atoms with Crippen LogP contribution in [0, 0.1) is 11.8 Å². The van der Waals surface area contributed by atoms with Crippen LogP contribution >= 0.6 is 0 Å². The lowest BCUT2D eigenvalue weighted by atomic mass is 9.83. The van der Waals surface area contributed by atoms with E-state index < -0.39 is 24.2 Å². The molecular formula is C64H88N8O8. The second kappa shape index (κ2) is 29.0. The van der Waals surface area contributed by atoms with Gasteiger partial charge in [-0.05, 0) is 137 Å². The van der Waals surface area contributed by atoms with Crippen LogP contribution in [0.3, 0.4) is 0 Å². The first-order chi connectivity index (χ1) is 38.8. The molecule has 6 amide bonds. The van der Waals surface area contributed by atoms with Crippen molar-refractivity contribution in [1.29, 1.82) is 0 Å². The summed E-state index contributed by atoms with van der Waals surface area (Å²) in [7, 11) is 6.79. The highest BCUT2D eigenvalue weighted by atomic mass is 16.5. The molecule has 4 aromatic rings. The normalized spacial score (nSPS) is 21.4. The molecule has 0 aromatic heterocycles. The van der Waals surface area contributed by atoms with Gasteiger partial charge in [0.2, 0.25) is 23.6 Å². The van der Waals surface area contributed by atoms with Crippen LogP contribution in [0.15, 0.2) is 97.1 Å². The number of methoxy groups -OCH3 is 2. The van der Waals surface area contributed by atoms with Crippen LogP contribution in [-0.2, 0) is 41.5 Å². The van der Waals surface area contributed by atoms with Crippen LogP contribution in [0.5, 0.6) is 0 Å². The third kappa shape index (κ3) is 15.2. The number of rotatable bonds is 24. The Morgan fingerprint density at radius 3 is 1.26 bits per heavy atom. The molecule has 0 spiro atoms. The van der Waals surface area contributed by atoms with Crippen LogP contribution in [0.1, 0.15) is 123 Å². The maximum atomic E-state index is 15.0. The quantitative estimate of drug-likeness (QED) is 0.0584. The summed E-state index contributed by atoms with van der Waals surface area (Å²) >= 11 is 0. The van der Waals surface area contributed by atoms with E-state index in [2.05, 4.69) is 45.5 Å². The minimum Gasteiger partial charge on any atom is -0.380 e. The van der Waals surface area contributed by atoms with Crippen molar-refractivity contribution in [3.63, 3.8) is 0 Å². The fourth-order valence-electron chi connectivity index (χ4n) is 12.6. The number of hydrogen-bond acceptors (Lipinski definition) is 10. The van der Waals surface area contributed by atoms with E-state index in [1.54, 1.807) is 42.2 Å². The summed E-state index contributed by atoms with van der Waals surface area (Å²) in [4.78, 5) is 94.1. The lowest BCUT2D eigenvalue weighted by Crippen LogP contribution is -2.57. The van der Waals surface area contributed by atoms with Crippen LogP contribution in [-0.4, -0.2) is 171 Å². The molecule has 4 fully saturated rings. The molecule has 4 aromatic carbocycles. The molecule has 432 valence electrons. The van der Waals surface area contributed by atoms with Gasteiger partial charge in [0.25, 0.3) is 11.8 Å². The average Bonchev–Trinajstić information content (AvgIpc) is 4.13. The average molecular weight is 1100 g/mol. The predicted octanol–water partition coefficient (Wildman–Crippen LogP) is 6.79. The van der Waals surface area contributed by atoms with Gasteiger partial charge in [-0.1, -0.05) is 111 Å². The van der Waals surface area contributed by atoms with E-state index in [0.29, 0.717) is 63.0 Å². The summed E-state index contributed by atoms with van der Waals surface area (Å²) in [5.74, 6) is -0.984. The van der Waals surface area contributed by atoms with E-state index >= 15 is 9.59 Å². The van der Waals surface area contributed by atoms with Crippen molar-refractivity contribution in [2.24, 2.45) is 11.8 Å². The number of likely N-dealkylation sites (N-methyl/N-ethyl adjacent to an activating group) is 2. The van der Waals surface area contributed by atoms with Crippen LogP contribution < -0.4 is 21.3 Å². The molecule has 2 saturated carbocycles. The third-order valence-electron chi connectivity index (χ3n) is 17.8. The monoisotopic (exact) mass is 1100 g/mol. The van der Waals surface area contributed by atoms with Gasteiger partial charge in [-0.15, -0.1) is 0 Å². The van der Waals surface area contributed by atoms with Crippen LogP contribution in [0.25, 0.3) is 10.8 Å². The van der Waals surface area contributed by atoms with Crippen molar-refractivity contribution in [1.82, 2.24) is 40.9 Å². The number of amides is 6. The van der Waals surface area contributed by atoms with Gasteiger partial charge in [-0.25, -0.2) is 0 Å². The van der Waals surface area contributed by atoms with Gasteiger partial charge < -0.3 is 50.3 Å². The van der Waals surface area contributed by atoms with Gasteiger partial charge in [0.15, 0.2) is 0 Å². The van der Waals surface area contributed by atoms with E-state index in [4.69, 9.17) is 9.47 Å². The van der Waals surface area contributed by atoms with Crippen molar-refractivity contribution < 1.29 is 38.2 Å². The Hall–Kier alpha value is -6.20. The summed E-state index contributed by atoms with van der Waals surface area (Å²) in [5, 5.41) is 13.9. The fraction of sp³-hybridized carbons (Fsp3) is 0.562. The zero-order valence-electron chi connectivity index (χ0n) is 48.2. The zero-order valence-corrected chi connectivity index (χ0v) is 48.2. The Balaban J connectivity index is 1.04. The molecular weight excluding hydrogens is 1010 g/mol. The molecule has 4 aliphatic rings. The molecule has 8 atom stereocenters. The standard InChI is InChI=1S/C64H88N8O8/c1-43(65-3)59(73)67-57(47-23-15-9-16-24-47)63(77)71-41-55(79-5)37-53(71)39-69(33-31-45-19-11-7-12-20-45)61(75)51-29-27-50-36-52(30-28-49(50)35-51)62(76)70(34-32-46-21-13-8-14-22-46)40-54-38-56(80-6)42-72(54)64(78)58(48-25-17-10-18-26-48)68-60(74)44(2)66-4/h7-8,11-14,19-22,27-30,35-36,43-44,47-48,53-58,65-66H,9-10,15-18,23-26,31-34,37-42H2,1-6H3,(H,67,73)(H,68,74)/t43-,44-,53-,54-,55+,56+,57-,58-/m0/s1. The van der Waals surface area contributed by atoms with Crippen molar-refractivity contribution in [2.75, 3.05) is 67.6 Å². The molecule has 2 saturated heterocycles. The maximum Gasteiger partial charge on any atom is 0.253 e. The second-order valence-corrected chi connectivity index (χ2v) is 23.0. The molecule has 2 aliphatic heterocycles. The summed E-state index contributed by atoms with van der Waals surface area (Å²) in [6, 6.07) is 28.3. The smallest absolute Gasteiger partial charge is 0.253 e. The Kier molecular flexibility index (Phi) is 21.7. The first-order valence-corrected chi connectivity index (χ1v) is 29.6. The Labute approximate surface area is 474 Å². The predicted molar refractivity (Wildman–Crippen MR) is 312 cm³/mol.